The Kier molecular flexibility index (Phi) is 10.5. The van der Waals surface area contributed by atoms with Gasteiger partial charge in [-0.3, -0.25) is 0 Å². The molecule has 17 aromatic rings. The van der Waals surface area contributed by atoms with Gasteiger partial charge in [-0.1, -0.05) is 194 Å². The van der Waals surface area contributed by atoms with Crippen LogP contribution in [0.4, 0.5) is 0 Å². The molecule has 0 aliphatic rings. The van der Waals surface area contributed by atoms with E-state index in [1.54, 1.807) is 0 Å². The van der Waals surface area contributed by atoms with Crippen molar-refractivity contribution < 1.29 is 0 Å². The van der Waals surface area contributed by atoms with Gasteiger partial charge < -0.3 is 18.3 Å². The summed E-state index contributed by atoms with van der Waals surface area (Å²) >= 11 is 0. The van der Waals surface area contributed by atoms with Gasteiger partial charge >= 0.3 is 0 Å². The summed E-state index contributed by atoms with van der Waals surface area (Å²) in [7, 11) is 0. The summed E-state index contributed by atoms with van der Waals surface area (Å²) in [5.74, 6) is 1.68. The van der Waals surface area contributed by atoms with Crippen LogP contribution in [0, 0.1) is 11.3 Å². The van der Waals surface area contributed by atoms with E-state index in [9.17, 15) is 5.26 Å². The van der Waals surface area contributed by atoms with Gasteiger partial charge in [-0.2, -0.15) is 5.26 Å². The van der Waals surface area contributed by atoms with Crippen LogP contribution >= 0.6 is 0 Å². The maximum absolute atomic E-state index is 12.0. The Balaban J connectivity index is 0.964. The Morgan fingerprint density at radius 2 is 0.619 bits per heavy atom. The molecule has 8 nitrogen and oxygen atoms in total. The van der Waals surface area contributed by atoms with Gasteiger partial charge in [0, 0.05) is 82.3 Å². The lowest BCUT2D eigenvalue weighted by Crippen LogP contribution is -2.04. The second kappa shape index (κ2) is 18.7. The van der Waals surface area contributed by atoms with Crippen molar-refractivity contribution >= 4 is 87.2 Å². The fraction of sp³-hybridized carbons (Fsp3) is 0. The van der Waals surface area contributed by atoms with Crippen LogP contribution in [-0.4, -0.2) is 33.2 Å². The molecule has 84 heavy (non-hydrogen) atoms. The largest absolute Gasteiger partial charge is 0.309 e. The summed E-state index contributed by atoms with van der Waals surface area (Å²) in [5.41, 5.74) is 17.1. The van der Waals surface area contributed by atoms with Gasteiger partial charge in [-0.25, -0.2) is 15.0 Å². The van der Waals surface area contributed by atoms with Crippen LogP contribution in [0.15, 0.2) is 279 Å². The predicted octanol–water partition coefficient (Wildman–Crippen LogP) is 18.8. The zero-order chi connectivity index (χ0) is 55.4. The molecule has 390 valence electrons. The standard InChI is InChI=1S/C76H46N8/c77-47-63-53(34-21-39-68(63)83-66-37-19-15-32-56(66)61-43-59-54-30-13-17-35-64(54)81(70(59)45-72(61)83)51-26-9-3-10-27-51)58-41-40-50(76-79-74(48-22-5-1-6-23-48)78-75(80-76)49-24-7-2-8-25-49)42-69(58)84-67-38-20-16-33-57(67)62-44-60-55-31-14-18-36-65(55)82(71(60)46-73(62)84)52-28-11-4-12-29-52/h1-46H. The maximum atomic E-state index is 12.0. The lowest BCUT2D eigenvalue weighted by atomic mass is 9.95. The van der Waals surface area contributed by atoms with Gasteiger partial charge in [0.2, 0.25) is 0 Å². The van der Waals surface area contributed by atoms with Gasteiger partial charge in [0.1, 0.15) is 6.07 Å². The normalized spacial score (nSPS) is 11.8. The van der Waals surface area contributed by atoms with E-state index in [2.05, 4.69) is 243 Å². The molecule has 0 N–H and O–H groups in total. The van der Waals surface area contributed by atoms with Gasteiger partial charge in [-0.15, -0.1) is 0 Å². The van der Waals surface area contributed by atoms with Crippen LogP contribution in [0.2, 0.25) is 0 Å². The second-order valence-corrected chi connectivity index (χ2v) is 21.4. The number of nitrogens with zero attached hydrogens (tertiary/aromatic N) is 8. The Morgan fingerprint density at radius 1 is 0.250 bits per heavy atom. The molecule has 0 aliphatic heterocycles. The molecule has 0 fully saturated rings. The molecular weight excluding hydrogens is 1020 g/mol. The van der Waals surface area contributed by atoms with Crippen LogP contribution < -0.4 is 0 Å². The number of benzene rings is 12. The van der Waals surface area contributed by atoms with Crippen LogP contribution in [0.5, 0.6) is 0 Å². The second-order valence-electron chi connectivity index (χ2n) is 21.4. The molecule has 8 heteroatoms. The molecule has 12 aromatic carbocycles. The molecule has 0 saturated heterocycles. The first kappa shape index (κ1) is 47.2. The lowest BCUT2D eigenvalue weighted by Gasteiger charge is -2.19. The zero-order valence-electron chi connectivity index (χ0n) is 45.1. The molecule has 5 aromatic heterocycles. The van der Waals surface area contributed by atoms with Crippen molar-refractivity contribution in [1.82, 2.24) is 33.2 Å². The van der Waals surface area contributed by atoms with E-state index < -0.39 is 0 Å². The fourth-order valence-corrected chi connectivity index (χ4v) is 13.2. The summed E-state index contributed by atoms with van der Waals surface area (Å²) in [6, 6.07) is 101. The van der Waals surface area contributed by atoms with E-state index in [1.807, 2.05) is 60.7 Å². The number of para-hydroxylation sites is 6. The molecule has 0 unspecified atom stereocenters. The third-order valence-corrected chi connectivity index (χ3v) is 16.8. The van der Waals surface area contributed by atoms with Gasteiger partial charge in [0.25, 0.3) is 0 Å². The van der Waals surface area contributed by atoms with Crippen molar-refractivity contribution in [3.05, 3.63) is 285 Å². The minimum atomic E-state index is 0.529. The highest BCUT2D eigenvalue weighted by Gasteiger charge is 2.26. The molecular formula is C76H46N8. The molecule has 17 rings (SSSR count). The van der Waals surface area contributed by atoms with E-state index >= 15 is 0 Å². The average Bonchev–Trinajstić information content (AvgIpc) is 2.00. The minimum absolute atomic E-state index is 0.529. The van der Waals surface area contributed by atoms with E-state index in [0.717, 1.165) is 122 Å². The van der Waals surface area contributed by atoms with Crippen molar-refractivity contribution in [3.63, 3.8) is 0 Å². The smallest absolute Gasteiger partial charge is 0.164 e. The van der Waals surface area contributed by atoms with Crippen molar-refractivity contribution in [1.29, 1.82) is 5.26 Å². The highest BCUT2D eigenvalue weighted by molar-refractivity contribution is 6.21. The van der Waals surface area contributed by atoms with Gasteiger partial charge in [0.05, 0.1) is 61.1 Å². The molecule has 0 spiro atoms. The SMILES string of the molecule is N#Cc1c(-c2ccc(-c3nc(-c4ccccc4)nc(-c4ccccc4)n3)cc2-n2c3ccccc3c3cc4c5ccccc5n(-c5ccccc5)c4cc32)cccc1-n1c2ccccc2c2cc3c4ccccc4n(-c4ccccc4)c3cc21. The summed E-state index contributed by atoms with van der Waals surface area (Å²) in [6.07, 6.45) is 0. The van der Waals surface area contributed by atoms with Crippen LogP contribution in [0.25, 0.3) is 155 Å². The topological polar surface area (TPSA) is 82.2 Å². The van der Waals surface area contributed by atoms with Crippen molar-refractivity contribution in [2.45, 2.75) is 0 Å². The number of fused-ring (bicyclic) bond motifs is 12. The quantitative estimate of drug-likeness (QED) is 0.152. The van der Waals surface area contributed by atoms with Crippen LogP contribution in [0.1, 0.15) is 5.56 Å². The first-order valence-electron chi connectivity index (χ1n) is 28.2. The van der Waals surface area contributed by atoms with Crippen molar-refractivity contribution in [2.75, 3.05) is 0 Å². The lowest BCUT2D eigenvalue weighted by molar-refractivity contribution is 1.07. The Labute approximate surface area is 481 Å². The average molecular weight is 1070 g/mol. The predicted molar refractivity (Wildman–Crippen MR) is 344 cm³/mol. The van der Waals surface area contributed by atoms with Gasteiger partial charge in [-0.05, 0) is 84.9 Å². The van der Waals surface area contributed by atoms with Crippen LogP contribution in [-0.2, 0) is 0 Å². The highest BCUT2D eigenvalue weighted by Crippen LogP contribution is 2.45. The maximum Gasteiger partial charge on any atom is 0.164 e. The Bertz CT molecular complexity index is 5490. The molecule has 0 amide bonds. The van der Waals surface area contributed by atoms with Crippen LogP contribution in [0.3, 0.4) is 0 Å². The number of hydrogen-bond donors (Lipinski definition) is 0. The molecule has 0 saturated carbocycles. The van der Waals surface area contributed by atoms with E-state index in [1.165, 1.54) is 16.2 Å². The third kappa shape index (κ3) is 7.16. The Morgan fingerprint density at radius 3 is 1.06 bits per heavy atom. The zero-order valence-corrected chi connectivity index (χ0v) is 45.1. The first-order valence-corrected chi connectivity index (χ1v) is 28.2. The third-order valence-electron chi connectivity index (χ3n) is 16.8. The Hall–Kier alpha value is -11.7. The molecule has 5 heterocycles. The molecule has 0 radical (unpaired) electrons. The van der Waals surface area contributed by atoms with Crippen molar-refractivity contribution in [2.24, 2.45) is 0 Å². The molecule has 0 aliphatic carbocycles. The van der Waals surface area contributed by atoms with E-state index in [-0.39, 0.29) is 0 Å². The monoisotopic (exact) mass is 1070 g/mol. The number of rotatable bonds is 8. The first-order chi connectivity index (χ1) is 41.6. The number of nitriles is 1. The highest BCUT2D eigenvalue weighted by atomic mass is 15.0. The van der Waals surface area contributed by atoms with Gasteiger partial charge in [0.15, 0.2) is 17.5 Å². The molecule has 0 bridgehead atoms. The number of aromatic nitrogens is 7. The van der Waals surface area contributed by atoms with E-state index in [4.69, 9.17) is 15.0 Å². The summed E-state index contributed by atoms with van der Waals surface area (Å²) < 4.78 is 9.42. The van der Waals surface area contributed by atoms with Crippen molar-refractivity contribution in [3.8, 4) is 74.1 Å². The number of hydrogen-bond acceptors (Lipinski definition) is 4. The summed E-state index contributed by atoms with van der Waals surface area (Å²) in [4.78, 5) is 15.6. The molecule has 0 atom stereocenters. The fourth-order valence-electron chi connectivity index (χ4n) is 13.2. The summed E-state index contributed by atoms with van der Waals surface area (Å²) in [6.45, 7) is 0. The minimum Gasteiger partial charge on any atom is -0.309 e. The summed E-state index contributed by atoms with van der Waals surface area (Å²) in [5, 5.41) is 21.1. The van der Waals surface area contributed by atoms with E-state index in [0.29, 0.717) is 23.0 Å².